The van der Waals surface area contributed by atoms with Crippen molar-refractivity contribution in [3.63, 3.8) is 0 Å². The second-order valence-corrected chi connectivity index (χ2v) is 19.7. The molecule has 4 heterocycles. The van der Waals surface area contributed by atoms with E-state index in [1.165, 1.54) is 37.6 Å². The number of fused-ring (bicyclic) bond motifs is 2. The van der Waals surface area contributed by atoms with Crippen LogP contribution in [0.25, 0.3) is 21.0 Å². The van der Waals surface area contributed by atoms with Gasteiger partial charge in [-0.15, -0.1) is 11.3 Å². The number of nitrogens with zero attached hydrogens (tertiary/aromatic N) is 3. The molecule has 0 amide bonds. The lowest BCUT2D eigenvalue weighted by atomic mass is 9.71. The molecule has 3 aromatic heterocycles. The normalized spacial score (nSPS) is 25.3. The zero-order valence-electron chi connectivity index (χ0n) is 34.0. The third-order valence-electron chi connectivity index (χ3n) is 12.1. The van der Waals surface area contributed by atoms with Crippen LogP contribution in [0.4, 0.5) is 0 Å². The van der Waals surface area contributed by atoms with Crippen molar-refractivity contribution in [1.29, 1.82) is 0 Å². The molecule has 2 saturated carbocycles. The van der Waals surface area contributed by atoms with Crippen molar-refractivity contribution < 1.29 is 32.9 Å². The molecule has 1 aromatic carbocycles. The molecule has 55 heavy (non-hydrogen) atoms. The first-order chi connectivity index (χ1) is 25.6. The van der Waals surface area contributed by atoms with Gasteiger partial charge in [-0.05, 0) is 76.8 Å². The van der Waals surface area contributed by atoms with Gasteiger partial charge in [0, 0.05) is 23.8 Å². The van der Waals surface area contributed by atoms with E-state index >= 15 is 0 Å². The molecule has 1 saturated heterocycles. The summed E-state index contributed by atoms with van der Waals surface area (Å²) >= 11 is 1.25. The number of hydrogen-bond acceptors (Lipinski definition) is 11. The summed E-state index contributed by atoms with van der Waals surface area (Å²) < 4.78 is 40.1. The molecule has 2 aliphatic carbocycles. The summed E-state index contributed by atoms with van der Waals surface area (Å²) in [5, 5.41) is 0.296. The van der Waals surface area contributed by atoms with Gasteiger partial charge in [-0.2, -0.15) is 0 Å². The average Bonchev–Trinajstić information content (AvgIpc) is 3.83. The minimum Gasteiger partial charge on any atom is -0.496 e. The monoisotopic (exact) mass is 777 g/mol. The Bertz CT molecular complexity index is 2190. The van der Waals surface area contributed by atoms with Gasteiger partial charge in [0.05, 0.1) is 49.4 Å². The number of carbonyl (C=O) groups is 1. The molecular formula is C42H55N3O9S. The number of methoxy groups -OCH3 is 1. The van der Waals surface area contributed by atoms with Crippen molar-refractivity contribution in [1.82, 2.24) is 14.1 Å². The van der Waals surface area contributed by atoms with E-state index < -0.39 is 40.2 Å². The van der Waals surface area contributed by atoms with Crippen LogP contribution in [-0.4, -0.2) is 57.9 Å². The van der Waals surface area contributed by atoms with Crippen LogP contribution in [0.3, 0.4) is 0 Å². The molecule has 1 spiro atoms. The van der Waals surface area contributed by atoms with Crippen LogP contribution in [0.15, 0.2) is 50.7 Å². The van der Waals surface area contributed by atoms with Crippen LogP contribution in [0.2, 0.25) is 0 Å². The maximum Gasteiger partial charge on any atom is 0.333 e. The Balaban J connectivity index is 1.32. The molecule has 0 radical (unpaired) electrons. The largest absolute Gasteiger partial charge is 0.496 e. The summed E-state index contributed by atoms with van der Waals surface area (Å²) in [4.78, 5) is 48.6. The van der Waals surface area contributed by atoms with E-state index in [1.54, 1.807) is 39.4 Å². The molecule has 4 aromatic rings. The zero-order valence-corrected chi connectivity index (χ0v) is 34.8. The van der Waals surface area contributed by atoms with Crippen molar-refractivity contribution >= 4 is 27.5 Å². The van der Waals surface area contributed by atoms with Crippen molar-refractivity contribution in [2.24, 2.45) is 16.2 Å². The Kier molecular flexibility index (Phi) is 9.63. The third-order valence-corrected chi connectivity index (χ3v) is 13.4. The van der Waals surface area contributed by atoms with E-state index in [1.807, 2.05) is 24.3 Å². The lowest BCUT2D eigenvalue weighted by Gasteiger charge is -2.42. The van der Waals surface area contributed by atoms with Crippen LogP contribution in [0.1, 0.15) is 105 Å². The summed E-state index contributed by atoms with van der Waals surface area (Å²) in [6.07, 6.45) is 5.26. The maximum absolute atomic E-state index is 14.9. The highest BCUT2D eigenvalue weighted by Crippen LogP contribution is 2.68. The lowest BCUT2D eigenvalue weighted by Crippen LogP contribution is -2.54. The lowest BCUT2D eigenvalue weighted by molar-refractivity contribution is -0.300. The third kappa shape index (κ3) is 6.89. The summed E-state index contributed by atoms with van der Waals surface area (Å²) in [5.41, 5.74) is -2.65. The molecule has 12 nitrogen and oxygen atoms in total. The second kappa shape index (κ2) is 13.4. The van der Waals surface area contributed by atoms with Gasteiger partial charge in [-0.1, -0.05) is 45.9 Å². The van der Waals surface area contributed by atoms with E-state index in [4.69, 9.17) is 28.1 Å². The fourth-order valence-corrected chi connectivity index (χ4v) is 10.3. The molecule has 0 bridgehead atoms. The Hall–Kier alpha value is -3.78. The van der Waals surface area contributed by atoms with E-state index in [-0.39, 0.29) is 28.9 Å². The van der Waals surface area contributed by atoms with Crippen molar-refractivity contribution in [2.45, 2.75) is 131 Å². The number of esters is 1. The van der Waals surface area contributed by atoms with Crippen LogP contribution in [0, 0.1) is 23.2 Å². The quantitative estimate of drug-likeness (QED) is 0.155. The molecule has 3 fully saturated rings. The number of carbonyl (C=O) groups excluding carboxylic acids is 1. The van der Waals surface area contributed by atoms with Gasteiger partial charge in [-0.3, -0.25) is 9.36 Å². The number of thiophene rings is 1. The van der Waals surface area contributed by atoms with Gasteiger partial charge >= 0.3 is 11.7 Å². The number of para-hydroxylation sites is 1. The molecule has 1 aliphatic heterocycles. The molecule has 4 atom stereocenters. The maximum atomic E-state index is 14.9. The Morgan fingerprint density at radius 2 is 1.65 bits per heavy atom. The first-order valence-corrected chi connectivity index (χ1v) is 19.9. The van der Waals surface area contributed by atoms with Gasteiger partial charge in [0.25, 0.3) is 5.56 Å². The Morgan fingerprint density at radius 3 is 2.24 bits per heavy atom. The van der Waals surface area contributed by atoms with Gasteiger partial charge < -0.3 is 28.1 Å². The van der Waals surface area contributed by atoms with Crippen LogP contribution >= 0.6 is 11.3 Å². The predicted molar refractivity (Wildman–Crippen MR) is 209 cm³/mol. The highest BCUT2D eigenvalue weighted by molar-refractivity contribution is 7.22. The molecule has 3 aliphatic rings. The molecule has 13 heteroatoms. The van der Waals surface area contributed by atoms with Crippen molar-refractivity contribution in [2.75, 3.05) is 20.3 Å². The molecule has 7 rings (SSSR count). The van der Waals surface area contributed by atoms with Crippen molar-refractivity contribution in [3.8, 4) is 16.5 Å². The summed E-state index contributed by atoms with van der Waals surface area (Å²) in [5.74, 6) is -0.353. The smallest absolute Gasteiger partial charge is 0.333 e. The number of benzene rings is 1. The molecule has 2 unspecified atom stereocenters. The number of aromatic nitrogens is 3. The summed E-state index contributed by atoms with van der Waals surface area (Å²) in [6, 6.07) is 7.64. The minimum absolute atomic E-state index is 0.0250. The second-order valence-electron chi connectivity index (χ2n) is 18.7. The standard InChI is InChI=1S/C42H55N3O9S/c1-25-30-33(46)45(39(7,8)35(47)54-37(2,3)4)36(48)44(34(30)55-31(25)32-43-16-17-50-32)20-29(27-14-12-13-15-28(27)49-11)53-26-18-40(9)21-42(22-41(40,10)19-26)51-23-38(5,6)24-52-42/h12-17,26,29H,18-24H2,1-11H3/t26?,29?,40-,41+. The first kappa shape index (κ1) is 39.5. The van der Waals surface area contributed by atoms with E-state index in [9.17, 15) is 14.4 Å². The van der Waals surface area contributed by atoms with Gasteiger partial charge in [0.2, 0.25) is 5.89 Å². The summed E-state index contributed by atoms with van der Waals surface area (Å²) in [7, 11) is 1.61. The van der Waals surface area contributed by atoms with Crippen LogP contribution in [-0.2, 0) is 35.8 Å². The fraction of sp³-hybridized carbons (Fsp3) is 0.619. The first-order valence-electron chi connectivity index (χ1n) is 19.1. The molecule has 0 N–H and O–H groups in total. The topological polar surface area (TPSA) is 133 Å². The van der Waals surface area contributed by atoms with E-state index in [0.717, 1.165) is 35.8 Å². The number of aryl methyl sites for hydroxylation is 1. The molecule has 298 valence electrons. The van der Waals surface area contributed by atoms with E-state index in [0.29, 0.717) is 45.5 Å². The van der Waals surface area contributed by atoms with Gasteiger partial charge in [-0.25, -0.2) is 19.1 Å². The number of rotatable bonds is 9. The minimum atomic E-state index is -1.66. The van der Waals surface area contributed by atoms with Crippen LogP contribution in [0.5, 0.6) is 5.75 Å². The number of oxazole rings is 1. The SMILES string of the molecule is COc1ccccc1C(Cn1c(=O)n(C(C)(C)C(=O)OC(C)(C)C)c(=O)c2c(C)c(-c3ncco3)sc21)OC1C[C@@]2(C)CC3(C[C@@]2(C)C1)OCC(C)(C)CO3. The number of ether oxygens (including phenoxy) is 5. The average molecular weight is 778 g/mol. The Labute approximate surface area is 326 Å². The summed E-state index contributed by atoms with van der Waals surface area (Å²) in [6.45, 7) is 20.4. The zero-order chi connectivity index (χ0) is 39.9. The van der Waals surface area contributed by atoms with Gasteiger partial charge in [0.1, 0.15) is 34.1 Å². The van der Waals surface area contributed by atoms with Gasteiger partial charge in [0.15, 0.2) is 5.79 Å². The number of hydrogen-bond donors (Lipinski definition) is 0. The highest BCUT2D eigenvalue weighted by Gasteiger charge is 2.65. The molecular weight excluding hydrogens is 723 g/mol. The predicted octanol–water partition coefficient (Wildman–Crippen LogP) is 7.77. The van der Waals surface area contributed by atoms with Crippen LogP contribution < -0.4 is 16.0 Å². The Morgan fingerprint density at radius 1 is 1.02 bits per heavy atom. The van der Waals surface area contributed by atoms with E-state index in [2.05, 4.69) is 32.7 Å². The van der Waals surface area contributed by atoms with Crippen molar-refractivity contribution in [3.05, 3.63) is 68.7 Å². The highest BCUT2D eigenvalue weighted by atomic mass is 32.1. The fourth-order valence-electron chi connectivity index (χ4n) is 9.01.